The summed E-state index contributed by atoms with van der Waals surface area (Å²) in [6, 6.07) is 12.1. The maximum absolute atomic E-state index is 11.4. The molecule has 4 N–H and O–H groups in total. The Morgan fingerprint density at radius 3 is 1.56 bits per heavy atom. The first-order valence-electron chi connectivity index (χ1n) is 12.6. The first kappa shape index (κ1) is 28.1. The van der Waals surface area contributed by atoms with Crippen molar-refractivity contribution in [1.29, 1.82) is 0 Å². The van der Waals surface area contributed by atoms with Crippen LogP contribution in [0.25, 0.3) is 44.4 Å². The van der Waals surface area contributed by atoms with Crippen LogP contribution in [0, 0.1) is 13.8 Å². The van der Waals surface area contributed by atoms with E-state index < -0.39 is 11.9 Å². The number of hydrogen-bond acceptors (Lipinski definition) is 4. The Kier molecular flexibility index (Phi) is 7.95. The van der Waals surface area contributed by atoms with E-state index in [4.69, 9.17) is 9.97 Å². The van der Waals surface area contributed by atoms with Gasteiger partial charge in [-0.05, 0) is 110 Å². The fourth-order valence-corrected chi connectivity index (χ4v) is 5.10. The molecule has 0 aliphatic carbocycles. The predicted molar refractivity (Wildman–Crippen MR) is 149 cm³/mol. The molecule has 0 saturated heterocycles. The molecule has 0 aromatic carbocycles. The van der Waals surface area contributed by atoms with Gasteiger partial charge in [0, 0.05) is 34.9 Å². The number of carboxylic acids is 2. The van der Waals surface area contributed by atoms with Gasteiger partial charge in [-0.1, -0.05) is 0 Å². The molecule has 198 valence electrons. The largest absolute Gasteiger partial charge is 3.00 e. The van der Waals surface area contributed by atoms with Gasteiger partial charge in [0.2, 0.25) is 0 Å². The van der Waals surface area contributed by atoms with Crippen LogP contribution in [0.5, 0.6) is 0 Å². The molecule has 0 spiro atoms. The second-order valence-electron chi connectivity index (χ2n) is 9.98. The third-order valence-electron chi connectivity index (χ3n) is 7.25. The average molecular weight is 566 g/mol. The standard InChI is InChI=1S/C30H30N4O4.Mn/c1-15-9-20-12-25-17(3)21(5-7-29(35)36)27(33-25)14-28-22(6-8-30(37)38)18(4)26(34-28)13-24-16(2)10-19(32-24)11-23(15)31-20;/h9-14,31-32H,5-8H2,1-4H3,(H,35,36)(H,37,38);/q;+3. The molecule has 5 rings (SSSR count). The number of carboxylic acid groups (broad SMARTS) is 2. The molecule has 0 radical (unpaired) electrons. The number of carbonyl (C=O) groups is 2. The van der Waals surface area contributed by atoms with Crippen LogP contribution in [0.15, 0.2) is 36.4 Å². The number of allylic oxidation sites excluding steroid dienone is 4. The second-order valence-corrected chi connectivity index (χ2v) is 9.98. The number of aryl methyl sites for hydroxylation is 2. The summed E-state index contributed by atoms with van der Waals surface area (Å²) in [5.41, 5.74) is 12.4. The SMILES string of the molecule is CC1=C(CCC(=O)O)c2cc3nc(cc4[nH]c(cc4C)cc4[nH]c(cc1n2)cc4C)C(C)=C3CCC(=O)O.[Mn+3]. The van der Waals surface area contributed by atoms with Crippen LogP contribution in [-0.2, 0) is 26.7 Å². The molecule has 9 heteroatoms. The Balaban J connectivity index is 0.00000353. The summed E-state index contributed by atoms with van der Waals surface area (Å²) < 4.78 is 0. The van der Waals surface area contributed by atoms with Crippen LogP contribution in [0.1, 0.15) is 73.4 Å². The van der Waals surface area contributed by atoms with Gasteiger partial charge in [-0.2, -0.15) is 0 Å². The minimum absolute atomic E-state index is 0. The van der Waals surface area contributed by atoms with Crippen molar-refractivity contribution in [3.8, 4) is 0 Å². The third-order valence-corrected chi connectivity index (χ3v) is 7.25. The van der Waals surface area contributed by atoms with Crippen LogP contribution < -0.4 is 0 Å². The molecule has 8 nitrogen and oxygen atoms in total. The Morgan fingerprint density at radius 2 is 1.08 bits per heavy atom. The minimum Gasteiger partial charge on any atom is -0.481 e. The molecule has 39 heavy (non-hydrogen) atoms. The van der Waals surface area contributed by atoms with Gasteiger partial charge >= 0.3 is 29.0 Å². The van der Waals surface area contributed by atoms with E-state index in [-0.39, 0.29) is 29.9 Å². The fourth-order valence-electron chi connectivity index (χ4n) is 5.10. The Morgan fingerprint density at radius 1 is 0.641 bits per heavy atom. The zero-order valence-electron chi connectivity index (χ0n) is 22.3. The summed E-state index contributed by atoms with van der Waals surface area (Å²) in [7, 11) is 0. The topological polar surface area (TPSA) is 132 Å². The van der Waals surface area contributed by atoms with Crippen LogP contribution in [0.4, 0.5) is 0 Å². The van der Waals surface area contributed by atoms with E-state index in [9.17, 15) is 19.8 Å². The maximum Gasteiger partial charge on any atom is 3.00 e. The molecule has 8 bridgehead atoms. The monoisotopic (exact) mass is 565 g/mol. The number of hydrogen-bond donors (Lipinski definition) is 4. The van der Waals surface area contributed by atoms with Crippen LogP contribution in [0.2, 0.25) is 0 Å². The minimum atomic E-state index is -0.873. The van der Waals surface area contributed by atoms with Gasteiger partial charge in [0.15, 0.2) is 0 Å². The van der Waals surface area contributed by atoms with Crippen molar-refractivity contribution in [2.45, 2.75) is 53.4 Å². The zero-order chi connectivity index (χ0) is 27.1. The Bertz CT molecular complexity index is 1730. The van der Waals surface area contributed by atoms with Crippen molar-refractivity contribution in [3.63, 3.8) is 0 Å². The molecular formula is C30H30MnN4O4+3. The second kappa shape index (κ2) is 11.0. The molecule has 0 amide bonds. The fraction of sp³-hybridized carbons (Fsp3) is 0.267. The van der Waals surface area contributed by atoms with Crippen LogP contribution in [-0.4, -0.2) is 42.1 Å². The van der Waals surface area contributed by atoms with Crippen molar-refractivity contribution in [2.24, 2.45) is 0 Å². The van der Waals surface area contributed by atoms with Gasteiger partial charge in [0.25, 0.3) is 0 Å². The molecule has 0 atom stereocenters. The van der Waals surface area contributed by atoms with Crippen molar-refractivity contribution >= 4 is 56.3 Å². The number of nitrogens with zero attached hydrogens (tertiary/aromatic N) is 2. The number of aliphatic carboxylic acids is 2. The van der Waals surface area contributed by atoms with E-state index in [1.165, 1.54) is 0 Å². The van der Waals surface area contributed by atoms with Gasteiger partial charge in [0.05, 0.1) is 22.8 Å². The average Bonchev–Trinajstić information content (AvgIpc) is 3.53. The summed E-state index contributed by atoms with van der Waals surface area (Å²) >= 11 is 0. The molecule has 3 aromatic heterocycles. The van der Waals surface area contributed by atoms with E-state index in [1.807, 2.05) is 39.0 Å². The van der Waals surface area contributed by atoms with Crippen molar-refractivity contribution < 1.29 is 36.9 Å². The number of aromatic nitrogens is 4. The van der Waals surface area contributed by atoms with Crippen molar-refractivity contribution in [2.75, 3.05) is 0 Å². The van der Waals surface area contributed by atoms with E-state index in [0.717, 1.165) is 66.9 Å². The van der Waals surface area contributed by atoms with Crippen LogP contribution in [0.3, 0.4) is 0 Å². The number of nitrogens with one attached hydrogen (secondary N) is 2. The third kappa shape index (κ3) is 5.75. The quantitative estimate of drug-likeness (QED) is 0.252. The molecule has 5 heterocycles. The first-order chi connectivity index (χ1) is 18.1. The summed E-state index contributed by atoms with van der Waals surface area (Å²) in [5.74, 6) is -1.75. The number of fused-ring (bicyclic) bond motifs is 8. The van der Waals surface area contributed by atoms with Gasteiger partial charge in [0.1, 0.15) is 0 Å². The smallest absolute Gasteiger partial charge is 0.481 e. The molecule has 0 saturated carbocycles. The zero-order valence-corrected chi connectivity index (χ0v) is 23.5. The number of rotatable bonds is 6. The van der Waals surface area contributed by atoms with E-state index >= 15 is 0 Å². The molecule has 2 aliphatic heterocycles. The first-order valence-corrected chi connectivity index (χ1v) is 12.6. The van der Waals surface area contributed by atoms with Crippen LogP contribution >= 0.6 is 0 Å². The van der Waals surface area contributed by atoms with E-state index in [1.54, 1.807) is 0 Å². The molecule has 0 unspecified atom stereocenters. The van der Waals surface area contributed by atoms with Gasteiger partial charge in [-0.15, -0.1) is 0 Å². The van der Waals surface area contributed by atoms with Gasteiger partial charge in [-0.3, -0.25) is 9.59 Å². The molecule has 2 aliphatic rings. The Hall–Kier alpha value is -3.94. The van der Waals surface area contributed by atoms with Crippen molar-refractivity contribution in [1.82, 2.24) is 19.9 Å². The number of H-pyrrole nitrogens is 2. The predicted octanol–water partition coefficient (Wildman–Crippen LogP) is 6.52. The summed E-state index contributed by atoms with van der Waals surface area (Å²) in [4.78, 5) is 39.6. The normalized spacial score (nSPS) is 13.0. The Labute approximate surface area is 236 Å². The van der Waals surface area contributed by atoms with Crippen molar-refractivity contribution in [3.05, 3.63) is 70.3 Å². The van der Waals surface area contributed by atoms with Gasteiger partial charge in [-0.25, -0.2) is 9.97 Å². The molecular weight excluding hydrogens is 535 g/mol. The molecule has 3 aromatic rings. The molecule has 0 fully saturated rings. The summed E-state index contributed by atoms with van der Waals surface area (Å²) in [6.45, 7) is 8.01. The van der Waals surface area contributed by atoms with E-state index in [2.05, 4.69) is 35.1 Å². The summed E-state index contributed by atoms with van der Waals surface area (Å²) in [6.07, 6.45) is 0.647. The van der Waals surface area contributed by atoms with E-state index in [0.29, 0.717) is 24.2 Å². The maximum atomic E-state index is 11.4. The summed E-state index contributed by atoms with van der Waals surface area (Å²) in [5, 5.41) is 18.7. The number of aromatic amines is 2. The van der Waals surface area contributed by atoms with Gasteiger partial charge < -0.3 is 20.2 Å².